The molecule has 1 fully saturated rings. The van der Waals surface area contributed by atoms with Gasteiger partial charge in [0.2, 0.25) is 30.0 Å². The Kier molecular flexibility index (Phi) is 9.40. The van der Waals surface area contributed by atoms with Gasteiger partial charge in [0, 0.05) is 24.6 Å². The minimum atomic E-state index is -2.10. The monoisotopic (exact) mass is 672 g/mol. The van der Waals surface area contributed by atoms with Crippen molar-refractivity contribution < 1.29 is 47.6 Å². The van der Waals surface area contributed by atoms with Gasteiger partial charge in [0.25, 0.3) is 0 Å². The minimum absolute atomic E-state index is 0.0122. The molecule has 0 bridgehead atoms. The molecule has 6 rings (SSSR count). The van der Waals surface area contributed by atoms with Gasteiger partial charge in [0.05, 0.1) is 27.2 Å². The zero-order chi connectivity index (χ0) is 34.9. The Balaban J connectivity index is 1.63. The van der Waals surface area contributed by atoms with E-state index in [-0.39, 0.29) is 60.1 Å². The molecule has 49 heavy (non-hydrogen) atoms. The Morgan fingerprint density at radius 2 is 1.71 bits per heavy atom. The SMILES string of the molecule is COC(=O)[C@@]1(c2ccc(OC)cc2)Oc2cc3c(c(OC)c2C(=O)[C@H](C(=O)N2CCC[C@H]2NC(=O)CC(C)C)[C@H]1c1ccccc1)OCO3. The first kappa shape index (κ1) is 33.6. The molecular weight excluding hydrogens is 632 g/mol. The molecule has 4 atom stereocenters. The second-order valence-corrected chi connectivity index (χ2v) is 12.7. The van der Waals surface area contributed by atoms with Crippen molar-refractivity contribution in [1.82, 2.24) is 10.2 Å². The lowest BCUT2D eigenvalue weighted by Crippen LogP contribution is -2.55. The summed E-state index contributed by atoms with van der Waals surface area (Å²) in [6.45, 7) is 4.03. The molecule has 0 saturated carbocycles. The fraction of sp³-hybridized carbons (Fsp3) is 0.405. The predicted octanol–water partition coefficient (Wildman–Crippen LogP) is 4.59. The number of nitrogens with one attached hydrogen (secondary N) is 1. The number of fused-ring (bicyclic) bond motifs is 2. The summed E-state index contributed by atoms with van der Waals surface area (Å²) >= 11 is 0. The number of hydrogen-bond donors (Lipinski definition) is 1. The second kappa shape index (κ2) is 13.7. The molecular formula is C37H40N2O10. The minimum Gasteiger partial charge on any atom is -0.497 e. The Hall–Kier alpha value is -5.26. The highest BCUT2D eigenvalue weighted by atomic mass is 16.7. The smallest absolute Gasteiger partial charge is 0.355 e. The number of nitrogens with zero attached hydrogens (tertiary/aromatic N) is 1. The largest absolute Gasteiger partial charge is 0.497 e. The Morgan fingerprint density at radius 1 is 0.980 bits per heavy atom. The average molecular weight is 673 g/mol. The molecule has 1 saturated heterocycles. The van der Waals surface area contributed by atoms with Crippen molar-refractivity contribution in [2.24, 2.45) is 11.8 Å². The molecule has 0 radical (unpaired) electrons. The first-order valence-electron chi connectivity index (χ1n) is 16.3. The van der Waals surface area contributed by atoms with Crippen molar-refractivity contribution >= 4 is 23.6 Å². The van der Waals surface area contributed by atoms with Crippen molar-refractivity contribution in [1.29, 1.82) is 0 Å². The van der Waals surface area contributed by atoms with E-state index in [0.29, 0.717) is 29.7 Å². The van der Waals surface area contributed by atoms with Gasteiger partial charge in [-0.3, -0.25) is 14.4 Å². The first-order chi connectivity index (χ1) is 23.6. The number of carbonyl (C=O) groups excluding carboxylic acids is 4. The molecule has 3 aromatic rings. The Labute approximate surface area is 284 Å². The fourth-order valence-electron chi connectivity index (χ4n) is 7.11. The molecule has 0 unspecified atom stereocenters. The highest BCUT2D eigenvalue weighted by Crippen LogP contribution is 2.56. The molecule has 0 aliphatic carbocycles. The van der Waals surface area contributed by atoms with Gasteiger partial charge < -0.3 is 38.6 Å². The van der Waals surface area contributed by atoms with E-state index in [1.807, 2.05) is 13.8 Å². The van der Waals surface area contributed by atoms with Crippen LogP contribution in [0, 0.1) is 11.8 Å². The van der Waals surface area contributed by atoms with Crippen molar-refractivity contribution in [2.45, 2.75) is 50.8 Å². The molecule has 3 aliphatic rings. The number of amides is 2. The van der Waals surface area contributed by atoms with Gasteiger partial charge in [0.15, 0.2) is 17.3 Å². The normalized spacial score (nSPS) is 22.5. The van der Waals surface area contributed by atoms with Gasteiger partial charge in [-0.25, -0.2) is 4.79 Å². The van der Waals surface area contributed by atoms with Gasteiger partial charge in [-0.2, -0.15) is 0 Å². The van der Waals surface area contributed by atoms with Crippen LogP contribution >= 0.6 is 0 Å². The number of hydrogen-bond acceptors (Lipinski definition) is 10. The van der Waals surface area contributed by atoms with E-state index >= 15 is 9.59 Å². The van der Waals surface area contributed by atoms with E-state index in [1.54, 1.807) is 54.6 Å². The molecule has 258 valence electrons. The topological polar surface area (TPSA) is 139 Å². The molecule has 12 nitrogen and oxygen atoms in total. The third-order valence-corrected chi connectivity index (χ3v) is 9.25. The van der Waals surface area contributed by atoms with E-state index in [4.69, 9.17) is 28.4 Å². The number of rotatable bonds is 9. The number of likely N-dealkylation sites (tertiary alicyclic amines) is 1. The number of methoxy groups -OCH3 is 3. The van der Waals surface area contributed by atoms with Crippen molar-refractivity contribution in [2.75, 3.05) is 34.7 Å². The summed E-state index contributed by atoms with van der Waals surface area (Å²) in [5.74, 6) is -4.09. The Bertz CT molecular complexity index is 1740. The number of Topliss-reactive ketones (excluding diaryl/α,β-unsaturated/α-hetero) is 1. The van der Waals surface area contributed by atoms with Gasteiger partial charge in [0.1, 0.15) is 29.1 Å². The molecule has 2 amide bonds. The predicted molar refractivity (Wildman–Crippen MR) is 176 cm³/mol. The van der Waals surface area contributed by atoms with Crippen molar-refractivity contribution in [3.63, 3.8) is 0 Å². The van der Waals surface area contributed by atoms with Gasteiger partial charge in [-0.1, -0.05) is 56.3 Å². The van der Waals surface area contributed by atoms with E-state index in [1.165, 1.54) is 32.3 Å². The number of esters is 1. The maximum absolute atomic E-state index is 15.2. The lowest BCUT2D eigenvalue weighted by atomic mass is 9.68. The van der Waals surface area contributed by atoms with Crippen LogP contribution in [0.15, 0.2) is 60.7 Å². The molecule has 0 aromatic heterocycles. The van der Waals surface area contributed by atoms with Crippen LogP contribution in [-0.2, 0) is 24.7 Å². The van der Waals surface area contributed by atoms with E-state index < -0.39 is 41.3 Å². The van der Waals surface area contributed by atoms with Crippen LogP contribution in [0.5, 0.6) is 28.7 Å². The fourth-order valence-corrected chi connectivity index (χ4v) is 7.11. The summed E-state index contributed by atoms with van der Waals surface area (Å²) in [4.78, 5) is 59.4. The van der Waals surface area contributed by atoms with Crippen LogP contribution in [0.4, 0.5) is 0 Å². The molecule has 0 spiro atoms. The summed E-state index contributed by atoms with van der Waals surface area (Å²) < 4.78 is 34.9. The number of ether oxygens (including phenoxy) is 6. The summed E-state index contributed by atoms with van der Waals surface area (Å²) in [6, 6.07) is 16.9. The van der Waals surface area contributed by atoms with Gasteiger partial charge in [-0.15, -0.1) is 0 Å². The highest BCUT2D eigenvalue weighted by Gasteiger charge is 2.62. The molecule has 12 heteroatoms. The lowest BCUT2D eigenvalue weighted by molar-refractivity contribution is -0.165. The van der Waals surface area contributed by atoms with Crippen LogP contribution in [0.25, 0.3) is 0 Å². The zero-order valence-corrected chi connectivity index (χ0v) is 28.1. The van der Waals surface area contributed by atoms with Crippen LogP contribution in [0.2, 0.25) is 0 Å². The highest BCUT2D eigenvalue weighted by molar-refractivity contribution is 6.15. The number of benzene rings is 3. The van der Waals surface area contributed by atoms with Crippen LogP contribution < -0.4 is 29.0 Å². The lowest BCUT2D eigenvalue weighted by Gasteiger charge is -2.41. The molecule has 3 aliphatic heterocycles. The standard InChI is InChI=1S/C37H40N2O10/c1-21(2)18-28(40)38-27-12-9-17-39(27)35(42)30-31(22-10-7-6-8-11-22)37(36(43)46-5,23-13-15-24(44-3)16-14-23)49-25-19-26-33(48-20-47-26)34(45-4)29(25)32(30)41/h6-8,10-11,13-16,19,21,27,30-31H,9,12,17-18,20H2,1-5H3,(H,38,40)/t27-,30+,31+,37-/m0/s1. The van der Waals surface area contributed by atoms with Crippen LogP contribution in [0.1, 0.15) is 60.5 Å². The number of carbonyl (C=O) groups is 4. The third kappa shape index (κ3) is 5.89. The molecule has 3 aromatic carbocycles. The third-order valence-electron chi connectivity index (χ3n) is 9.25. The van der Waals surface area contributed by atoms with Crippen molar-refractivity contribution in [3.8, 4) is 28.7 Å². The summed E-state index contributed by atoms with van der Waals surface area (Å²) in [6.07, 6.45) is 0.730. The summed E-state index contributed by atoms with van der Waals surface area (Å²) in [5, 5.41) is 3.00. The van der Waals surface area contributed by atoms with Gasteiger partial charge in [-0.05, 0) is 36.5 Å². The van der Waals surface area contributed by atoms with E-state index in [2.05, 4.69) is 5.32 Å². The van der Waals surface area contributed by atoms with Gasteiger partial charge >= 0.3 is 5.97 Å². The average Bonchev–Trinajstić information content (AvgIpc) is 3.75. The summed E-state index contributed by atoms with van der Waals surface area (Å²) in [5.41, 5.74) is -1.39. The van der Waals surface area contributed by atoms with Crippen LogP contribution in [-0.4, -0.2) is 69.3 Å². The van der Waals surface area contributed by atoms with E-state index in [9.17, 15) is 9.59 Å². The second-order valence-electron chi connectivity index (χ2n) is 12.7. The summed E-state index contributed by atoms with van der Waals surface area (Å²) in [7, 11) is 4.12. The van der Waals surface area contributed by atoms with E-state index in [0.717, 1.165) is 0 Å². The number of ketones is 1. The quantitative estimate of drug-likeness (QED) is 0.254. The van der Waals surface area contributed by atoms with Crippen molar-refractivity contribution in [3.05, 3.63) is 77.4 Å². The molecule has 1 N–H and O–H groups in total. The van der Waals surface area contributed by atoms with Crippen LogP contribution in [0.3, 0.4) is 0 Å². The zero-order valence-electron chi connectivity index (χ0n) is 28.1. The maximum Gasteiger partial charge on any atom is 0.355 e. The first-order valence-corrected chi connectivity index (χ1v) is 16.3. The molecule has 3 heterocycles. The maximum atomic E-state index is 15.2. The Morgan fingerprint density at radius 3 is 2.37 bits per heavy atom.